The van der Waals surface area contributed by atoms with Crippen LogP contribution in [0.25, 0.3) is 76.6 Å². The number of hydrogen-bond acceptors (Lipinski definition) is 1. The van der Waals surface area contributed by atoms with E-state index < -0.39 is 0 Å². The number of rotatable bonds is 3. The molecule has 0 atom stereocenters. The van der Waals surface area contributed by atoms with Gasteiger partial charge in [0.05, 0.1) is 5.52 Å². The average Bonchev–Trinajstić information content (AvgIpc) is 3.03. The molecule has 0 spiro atoms. The SMILES string of the molecule is c1ccc(-c2c3ccccc3c(-c3ccccc3-c3ccc4ccccc4c3)c3cnc4ccccc4c23)cc1. The highest BCUT2D eigenvalue weighted by Crippen LogP contribution is 2.47. The zero-order valence-electron chi connectivity index (χ0n) is 21.9. The minimum atomic E-state index is 1.01. The molecule has 0 aliphatic carbocycles. The second-order valence-corrected chi connectivity index (χ2v) is 10.3. The molecule has 1 aromatic heterocycles. The third-order valence-electron chi connectivity index (χ3n) is 8.08. The normalized spacial score (nSPS) is 11.5. The van der Waals surface area contributed by atoms with E-state index >= 15 is 0 Å². The number of hydrogen-bond donors (Lipinski definition) is 0. The molecule has 0 bridgehead atoms. The molecule has 7 aromatic carbocycles. The molecular formula is C39H25N. The Hall–Kier alpha value is -5.27. The summed E-state index contributed by atoms with van der Waals surface area (Å²) in [5.74, 6) is 0. The summed E-state index contributed by atoms with van der Waals surface area (Å²) in [5, 5.41) is 8.58. The van der Waals surface area contributed by atoms with Crippen LogP contribution in [0.3, 0.4) is 0 Å². The molecule has 0 saturated carbocycles. The van der Waals surface area contributed by atoms with Gasteiger partial charge in [0.2, 0.25) is 0 Å². The summed E-state index contributed by atoms with van der Waals surface area (Å²) in [6.45, 7) is 0. The van der Waals surface area contributed by atoms with Crippen LogP contribution in [0.15, 0.2) is 152 Å². The van der Waals surface area contributed by atoms with Crippen LogP contribution in [-0.4, -0.2) is 4.98 Å². The molecule has 1 nitrogen and oxygen atoms in total. The summed E-state index contributed by atoms with van der Waals surface area (Å²) in [5.41, 5.74) is 8.37. The van der Waals surface area contributed by atoms with Gasteiger partial charge in [0, 0.05) is 22.4 Å². The van der Waals surface area contributed by atoms with Crippen molar-refractivity contribution in [3.63, 3.8) is 0 Å². The Kier molecular flexibility index (Phi) is 5.21. The highest BCUT2D eigenvalue weighted by atomic mass is 14.7. The third-order valence-corrected chi connectivity index (χ3v) is 8.08. The van der Waals surface area contributed by atoms with Gasteiger partial charge in [-0.2, -0.15) is 0 Å². The predicted molar refractivity (Wildman–Crippen MR) is 171 cm³/mol. The Labute approximate surface area is 233 Å². The fourth-order valence-electron chi connectivity index (χ4n) is 6.30. The molecule has 1 heteroatoms. The van der Waals surface area contributed by atoms with Crippen molar-refractivity contribution in [3.8, 4) is 33.4 Å². The maximum Gasteiger partial charge on any atom is 0.0708 e. The minimum Gasteiger partial charge on any atom is -0.256 e. The van der Waals surface area contributed by atoms with Crippen LogP contribution in [0.2, 0.25) is 0 Å². The number of fused-ring (bicyclic) bond motifs is 5. The van der Waals surface area contributed by atoms with Gasteiger partial charge in [0.25, 0.3) is 0 Å². The molecule has 0 radical (unpaired) electrons. The van der Waals surface area contributed by atoms with E-state index in [0.29, 0.717) is 0 Å². The van der Waals surface area contributed by atoms with Crippen LogP contribution in [0, 0.1) is 0 Å². The fraction of sp³-hybridized carbons (Fsp3) is 0. The molecule has 1 heterocycles. The van der Waals surface area contributed by atoms with Gasteiger partial charge >= 0.3 is 0 Å². The summed E-state index contributed by atoms with van der Waals surface area (Å²) < 4.78 is 0. The van der Waals surface area contributed by atoms with Gasteiger partial charge in [-0.05, 0) is 67.1 Å². The lowest BCUT2D eigenvalue weighted by Gasteiger charge is -2.20. The highest BCUT2D eigenvalue weighted by molar-refractivity contribution is 6.27. The smallest absolute Gasteiger partial charge is 0.0708 e. The van der Waals surface area contributed by atoms with Crippen molar-refractivity contribution in [1.82, 2.24) is 4.98 Å². The number of nitrogens with zero attached hydrogens (tertiary/aromatic N) is 1. The predicted octanol–water partition coefficient (Wildman–Crippen LogP) is 10.7. The number of pyridine rings is 1. The molecule has 0 unspecified atom stereocenters. The molecular weight excluding hydrogens is 482 g/mol. The van der Waals surface area contributed by atoms with Gasteiger partial charge in [-0.25, -0.2) is 0 Å². The zero-order chi connectivity index (χ0) is 26.5. The summed E-state index contributed by atoms with van der Waals surface area (Å²) in [7, 11) is 0. The maximum absolute atomic E-state index is 4.98. The fourth-order valence-corrected chi connectivity index (χ4v) is 6.30. The van der Waals surface area contributed by atoms with Gasteiger partial charge in [-0.1, -0.05) is 133 Å². The highest BCUT2D eigenvalue weighted by Gasteiger charge is 2.20. The molecule has 40 heavy (non-hydrogen) atoms. The van der Waals surface area contributed by atoms with Crippen molar-refractivity contribution in [2.45, 2.75) is 0 Å². The summed E-state index contributed by atoms with van der Waals surface area (Å²) in [4.78, 5) is 4.98. The van der Waals surface area contributed by atoms with Crippen LogP contribution >= 0.6 is 0 Å². The maximum atomic E-state index is 4.98. The Morgan fingerprint density at radius 1 is 0.375 bits per heavy atom. The van der Waals surface area contributed by atoms with Crippen LogP contribution < -0.4 is 0 Å². The largest absolute Gasteiger partial charge is 0.256 e. The molecule has 0 saturated heterocycles. The van der Waals surface area contributed by atoms with E-state index in [9.17, 15) is 0 Å². The van der Waals surface area contributed by atoms with Crippen molar-refractivity contribution in [3.05, 3.63) is 152 Å². The van der Waals surface area contributed by atoms with Crippen molar-refractivity contribution in [2.75, 3.05) is 0 Å². The van der Waals surface area contributed by atoms with Gasteiger partial charge < -0.3 is 0 Å². The molecule has 0 fully saturated rings. The first-order valence-electron chi connectivity index (χ1n) is 13.7. The first-order valence-corrected chi connectivity index (χ1v) is 13.7. The standard InChI is InChI=1S/C39H25N/c1-2-13-27(14-3-1)37-32-18-8-9-19-33(32)38(35-25-40-36-21-11-10-20-34(36)39(35)37)31-17-7-6-16-30(31)29-23-22-26-12-4-5-15-28(26)24-29/h1-25H. The van der Waals surface area contributed by atoms with Gasteiger partial charge in [-0.3, -0.25) is 4.98 Å². The van der Waals surface area contributed by atoms with E-state index in [1.807, 2.05) is 0 Å². The lowest BCUT2D eigenvalue weighted by atomic mass is 9.83. The molecule has 0 aliphatic heterocycles. The quantitative estimate of drug-likeness (QED) is 0.171. The second-order valence-electron chi connectivity index (χ2n) is 10.3. The Morgan fingerprint density at radius 3 is 1.82 bits per heavy atom. The van der Waals surface area contributed by atoms with Gasteiger partial charge in [0.1, 0.15) is 0 Å². The Morgan fingerprint density at radius 2 is 1.00 bits per heavy atom. The molecule has 0 aliphatic rings. The first-order chi connectivity index (χ1) is 19.9. The summed E-state index contributed by atoms with van der Waals surface area (Å²) in [6.07, 6.45) is 2.09. The number of aromatic nitrogens is 1. The van der Waals surface area contributed by atoms with E-state index in [1.54, 1.807) is 0 Å². The topological polar surface area (TPSA) is 12.9 Å². The minimum absolute atomic E-state index is 1.01. The molecule has 186 valence electrons. The van der Waals surface area contributed by atoms with Crippen LogP contribution in [-0.2, 0) is 0 Å². The van der Waals surface area contributed by atoms with E-state index in [1.165, 1.54) is 71.1 Å². The summed E-state index contributed by atoms with van der Waals surface area (Å²) in [6, 6.07) is 52.3. The number of para-hydroxylation sites is 1. The zero-order valence-corrected chi connectivity index (χ0v) is 21.9. The van der Waals surface area contributed by atoms with E-state index in [2.05, 4.69) is 152 Å². The van der Waals surface area contributed by atoms with E-state index in [4.69, 9.17) is 4.98 Å². The van der Waals surface area contributed by atoms with E-state index in [0.717, 1.165) is 5.52 Å². The monoisotopic (exact) mass is 507 g/mol. The molecule has 0 amide bonds. The van der Waals surface area contributed by atoms with Crippen LogP contribution in [0.4, 0.5) is 0 Å². The van der Waals surface area contributed by atoms with Gasteiger partial charge in [-0.15, -0.1) is 0 Å². The first kappa shape index (κ1) is 22.7. The Bertz CT molecular complexity index is 2210. The molecule has 0 N–H and O–H groups in total. The molecule has 8 aromatic rings. The third kappa shape index (κ3) is 3.52. The number of benzene rings is 7. The summed E-state index contributed by atoms with van der Waals surface area (Å²) >= 11 is 0. The van der Waals surface area contributed by atoms with Crippen molar-refractivity contribution in [2.24, 2.45) is 0 Å². The van der Waals surface area contributed by atoms with Crippen LogP contribution in [0.5, 0.6) is 0 Å². The Balaban J connectivity index is 1.55. The lowest BCUT2D eigenvalue weighted by molar-refractivity contribution is 1.45. The van der Waals surface area contributed by atoms with Crippen LogP contribution in [0.1, 0.15) is 0 Å². The van der Waals surface area contributed by atoms with Crippen molar-refractivity contribution < 1.29 is 0 Å². The average molecular weight is 508 g/mol. The van der Waals surface area contributed by atoms with Crippen molar-refractivity contribution >= 4 is 43.2 Å². The second kappa shape index (κ2) is 9.18. The lowest BCUT2D eigenvalue weighted by Crippen LogP contribution is -1.94. The molecule has 8 rings (SSSR count). The van der Waals surface area contributed by atoms with Gasteiger partial charge in [0.15, 0.2) is 0 Å². The van der Waals surface area contributed by atoms with E-state index in [-0.39, 0.29) is 0 Å². The van der Waals surface area contributed by atoms with Crippen molar-refractivity contribution in [1.29, 1.82) is 0 Å².